The Morgan fingerprint density at radius 1 is 0.684 bits per heavy atom. The molecule has 0 saturated carbocycles. The van der Waals surface area contributed by atoms with Crippen molar-refractivity contribution in [3.63, 3.8) is 0 Å². The van der Waals surface area contributed by atoms with Crippen molar-refractivity contribution in [1.82, 2.24) is 5.32 Å². The molecule has 4 aromatic rings. The topological polar surface area (TPSA) is 79.8 Å². The van der Waals surface area contributed by atoms with Crippen molar-refractivity contribution in [2.24, 2.45) is 15.7 Å². The molecule has 38 heavy (non-hydrogen) atoms. The SMILES string of the molecule is NCc1ccccc1.O=CNCc1ccccc1.S=C=NCc1ccccc1.[Se]=C=NCc1ccccc1. The Morgan fingerprint density at radius 2 is 1.08 bits per heavy atom. The summed E-state index contributed by atoms with van der Waals surface area (Å²) < 4.78 is 2.62. The number of hydrogen-bond donors (Lipinski definition) is 2. The summed E-state index contributed by atoms with van der Waals surface area (Å²) in [6.07, 6.45) is 0.701. The average Bonchev–Trinajstić information content (AvgIpc) is 3.01. The standard InChI is InChI=1S/C8H9NO.C8H7NS.C8H7NSe.C7H9N/c3*10-7-9-6-8-4-2-1-3-5-8;8-6-7-4-2-1-3-5-7/h1-5,7H,6H2,(H,9,10);2*1-5H,6H2;1-5H,6,8H2. The van der Waals surface area contributed by atoms with E-state index in [9.17, 15) is 4.79 Å². The minimum absolute atomic E-state index is 0.615. The van der Waals surface area contributed by atoms with Gasteiger partial charge in [-0.05, 0) is 28.9 Å². The predicted molar refractivity (Wildman–Crippen MR) is 162 cm³/mol. The second-order valence-electron chi connectivity index (χ2n) is 7.46. The Morgan fingerprint density at radius 3 is 1.42 bits per heavy atom. The Labute approximate surface area is 238 Å². The van der Waals surface area contributed by atoms with Crippen LogP contribution in [0, 0.1) is 0 Å². The zero-order valence-electron chi connectivity index (χ0n) is 21.1. The minimum atomic E-state index is 0.615. The number of rotatable bonds is 8. The number of hydrogen-bond acceptors (Lipinski definition) is 5. The van der Waals surface area contributed by atoms with Crippen molar-refractivity contribution in [2.75, 3.05) is 0 Å². The Balaban J connectivity index is 0.000000254. The molecule has 0 aliphatic heterocycles. The van der Waals surface area contributed by atoms with Crippen LogP contribution < -0.4 is 11.1 Å². The molecule has 0 bridgehead atoms. The molecule has 4 aromatic carbocycles. The fraction of sp³-hybridized carbons (Fsp3) is 0.129. The molecule has 0 spiro atoms. The van der Waals surface area contributed by atoms with Gasteiger partial charge in [0.1, 0.15) is 0 Å². The molecule has 0 unspecified atom stereocenters. The van der Waals surface area contributed by atoms with E-state index in [2.05, 4.69) is 53.0 Å². The third-order valence-corrected chi connectivity index (χ3v) is 5.05. The van der Waals surface area contributed by atoms with Gasteiger partial charge in [-0.3, -0.25) is 4.79 Å². The molecule has 0 aliphatic carbocycles. The van der Waals surface area contributed by atoms with Crippen molar-refractivity contribution in [1.29, 1.82) is 0 Å². The van der Waals surface area contributed by atoms with Crippen molar-refractivity contribution in [2.45, 2.75) is 26.2 Å². The van der Waals surface area contributed by atoms with E-state index in [0.29, 0.717) is 32.6 Å². The van der Waals surface area contributed by atoms with Gasteiger partial charge in [0.15, 0.2) is 0 Å². The number of aliphatic imine (C=N–C) groups is 2. The second-order valence-corrected chi connectivity index (χ2v) is 8.03. The summed E-state index contributed by atoms with van der Waals surface area (Å²) in [6.45, 7) is 2.61. The van der Waals surface area contributed by atoms with E-state index in [1.165, 1.54) is 16.7 Å². The molecule has 3 N–H and O–H groups in total. The van der Waals surface area contributed by atoms with E-state index in [1.807, 2.05) is 121 Å². The number of carbonyl (C=O) groups is 1. The van der Waals surface area contributed by atoms with E-state index < -0.39 is 0 Å². The summed E-state index contributed by atoms with van der Waals surface area (Å²) in [5, 5.41) is 4.91. The third-order valence-electron chi connectivity index (χ3n) is 4.65. The van der Waals surface area contributed by atoms with Crippen molar-refractivity contribution in [3.05, 3.63) is 144 Å². The summed E-state index contributed by atoms with van der Waals surface area (Å²) in [4.78, 5) is 17.6. The van der Waals surface area contributed by atoms with E-state index in [1.54, 1.807) is 0 Å². The van der Waals surface area contributed by atoms with Crippen molar-refractivity contribution >= 4 is 44.1 Å². The number of benzene rings is 4. The van der Waals surface area contributed by atoms with Crippen LogP contribution in [0.1, 0.15) is 22.3 Å². The summed E-state index contributed by atoms with van der Waals surface area (Å²) in [5.74, 6) is 0. The van der Waals surface area contributed by atoms with Crippen molar-refractivity contribution in [3.8, 4) is 0 Å². The average molecular weight is 588 g/mol. The summed E-state index contributed by atoms with van der Waals surface area (Å²) in [6, 6.07) is 39.8. The molecular weight excluding hydrogens is 555 g/mol. The zero-order chi connectivity index (χ0) is 27.5. The van der Waals surface area contributed by atoms with E-state index in [0.717, 1.165) is 5.56 Å². The van der Waals surface area contributed by atoms with Crippen LogP contribution in [-0.4, -0.2) is 31.9 Å². The molecule has 5 nitrogen and oxygen atoms in total. The number of carbonyl (C=O) groups excluding carboxylic acids is 1. The van der Waals surface area contributed by atoms with Crippen LogP contribution in [0.2, 0.25) is 0 Å². The van der Waals surface area contributed by atoms with Crippen LogP contribution in [0.5, 0.6) is 0 Å². The third kappa shape index (κ3) is 17.6. The number of nitrogens with one attached hydrogen (secondary N) is 1. The van der Waals surface area contributed by atoms with E-state index >= 15 is 0 Å². The molecule has 1 amide bonds. The summed E-state index contributed by atoms with van der Waals surface area (Å²) >= 11 is 7.03. The van der Waals surface area contributed by atoms with Crippen LogP contribution in [-0.2, 0) is 31.0 Å². The quantitative estimate of drug-likeness (QED) is 0.121. The normalized spacial score (nSPS) is 8.66. The molecule has 0 saturated heterocycles. The van der Waals surface area contributed by atoms with Gasteiger partial charge < -0.3 is 11.1 Å². The molecule has 0 aliphatic rings. The summed E-state index contributed by atoms with van der Waals surface area (Å²) in [7, 11) is 0. The number of nitrogens with two attached hydrogens (primary N) is 1. The number of amides is 1. The molecule has 0 radical (unpaired) electrons. The van der Waals surface area contributed by atoms with Crippen LogP contribution >= 0.6 is 12.2 Å². The molecule has 0 heterocycles. The first kappa shape index (κ1) is 32.2. The second kappa shape index (κ2) is 23.6. The van der Waals surface area contributed by atoms with Gasteiger partial charge in [-0.15, -0.1) is 0 Å². The van der Waals surface area contributed by atoms with Gasteiger partial charge in [0.05, 0.1) is 11.7 Å². The van der Waals surface area contributed by atoms with Gasteiger partial charge in [0.2, 0.25) is 6.41 Å². The maximum absolute atomic E-state index is 9.87. The maximum atomic E-state index is 9.87. The first-order valence-corrected chi connectivity index (χ1v) is 13.1. The van der Waals surface area contributed by atoms with Gasteiger partial charge in [-0.1, -0.05) is 91.0 Å². The Kier molecular flexibility index (Phi) is 20.0. The summed E-state index contributed by atoms with van der Waals surface area (Å²) in [5.41, 5.74) is 10.0. The predicted octanol–water partition coefficient (Wildman–Crippen LogP) is 5.63. The van der Waals surface area contributed by atoms with Crippen LogP contribution in [0.15, 0.2) is 131 Å². The van der Waals surface area contributed by atoms with Gasteiger partial charge in [-0.2, -0.15) is 0 Å². The molecule has 4 rings (SSSR count). The van der Waals surface area contributed by atoms with Crippen LogP contribution in [0.4, 0.5) is 0 Å². The van der Waals surface area contributed by atoms with Gasteiger partial charge in [-0.25, -0.2) is 4.99 Å². The number of nitrogens with zero attached hydrogens (tertiary/aromatic N) is 2. The molecular formula is C31H32N4OSSe. The van der Waals surface area contributed by atoms with Gasteiger partial charge >= 0.3 is 67.7 Å². The molecule has 0 aromatic heterocycles. The number of isothiocyanates is 1. The van der Waals surface area contributed by atoms with Gasteiger partial charge in [0.25, 0.3) is 0 Å². The van der Waals surface area contributed by atoms with Crippen LogP contribution in [0.3, 0.4) is 0 Å². The van der Waals surface area contributed by atoms with Gasteiger partial charge in [0, 0.05) is 13.1 Å². The van der Waals surface area contributed by atoms with Crippen LogP contribution in [0.25, 0.3) is 0 Å². The molecule has 7 heteroatoms. The Bertz CT molecular complexity index is 1160. The van der Waals surface area contributed by atoms with E-state index in [-0.39, 0.29) is 0 Å². The fourth-order valence-corrected chi connectivity index (χ4v) is 2.98. The zero-order valence-corrected chi connectivity index (χ0v) is 23.7. The molecule has 0 atom stereocenters. The molecule has 194 valence electrons. The molecule has 0 fully saturated rings. The first-order chi connectivity index (χ1) is 18.7. The number of thiocarbonyl (C=S) groups is 1. The fourth-order valence-electron chi connectivity index (χ4n) is 2.78. The first-order valence-electron chi connectivity index (χ1n) is 11.8. The Hall–Kier alpha value is -3.79. The van der Waals surface area contributed by atoms with Crippen molar-refractivity contribution < 1.29 is 4.79 Å². The van der Waals surface area contributed by atoms with E-state index in [4.69, 9.17) is 5.73 Å². The monoisotopic (exact) mass is 588 g/mol.